The van der Waals surface area contributed by atoms with Crippen molar-refractivity contribution in [3.63, 3.8) is 0 Å². The number of nitrogens with zero attached hydrogens (tertiary/aromatic N) is 2. The van der Waals surface area contributed by atoms with E-state index in [1.165, 1.54) is 12.1 Å². The molecule has 0 bridgehead atoms. The number of hydrogen-bond donors (Lipinski definition) is 1. The lowest BCUT2D eigenvalue weighted by molar-refractivity contribution is 0.0486. The second kappa shape index (κ2) is 9.00. The molecule has 3 aliphatic rings. The van der Waals surface area contributed by atoms with E-state index in [0.29, 0.717) is 25.5 Å². The minimum absolute atomic E-state index is 0.171. The summed E-state index contributed by atoms with van der Waals surface area (Å²) in [7, 11) is 0. The number of aromatic nitrogens is 2. The number of rotatable bonds is 5. The fraction of sp³-hybridized carbons (Fsp3) is 0.407. The third kappa shape index (κ3) is 4.05. The molecule has 6 rings (SSSR count). The predicted octanol–water partition coefficient (Wildman–Crippen LogP) is 4.10. The van der Waals surface area contributed by atoms with Crippen LogP contribution in [0.2, 0.25) is 0 Å². The van der Waals surface area contributed by atoms with Gasteiger partial charge in [0.15, 0.2) is 17.2 Å². The number of carbonyl (C=O) groups is 1. The molecular formula is C27H28FN3O4. The topological polar surface area (TPSA) is 74.6 Å². The molecule has 3 heterocycles. The molecule has 2 aromatic carbocycles. The molecule has 1 amide bonds. The Morgan fingerprint density at radius 1 is 1.03 bits per heavy atom. The molecular weight excluding hydrogens is 449 g/mol. The molecule has 7 nitrogen and oxygen atoms in total. The highest BCUT2D eigenvalue weighted by atomic mass is 19.1. The summed E-state index contributed by atoms with van der Waals surface area (Å²) in [4.78, 5) is 13.5. The summed E-state index contributed by atoms with van der Waals surface area (Å²) in [5.41, 5.74) is 4.15. The van der Waals surface area contributed by atoms with Crippen LogP contribution in [0.15, 0.2) is 42.5 Å². The monoisotopic (exact) mass is 477 g/mol. The van der Waals surface area contributed by atoms with Crippen LogP contribution in [-0.2, 0) is 23.0 Å². The van der Waals surface area contributed by atoms with Crippen LogP contribution in [0.5, 0.6) is 11.5 Å². The number of halogens is 1. The molecule has 0 radical (unpaired) electrons. The van der Waals surface area contributed by atoms with E-state index < -0.39 is 0 Å². The number of fused-ring (bicyclic) bond motifs is 2. The van der Waals surface area contributed by atoms with E-state index in [1.807, 2.05) is 16.8 Å². The number of amides is 1. The van der Waals surface area contributed by atoms with E-state index in [-0.39, 0.29) is 23.9 Å². The van der Waals surface area contributed by atoms with Gasteiger partial charge in [0.05, 0.1) is 5.69 Å². The minimum atomic E-state index is -0.294. The Morgan fingerprint density at radius 2 is 1.80 bits per heavy atom. The number of ether oxygens (including phenoxy) is 3. The van der Waals surface area contributed by atoms with Gasteiger partial charge in [0.25, 0.3) is 5.91 Å². The summed E-state index contributed by atoms with van der Waals surface area (Å²) in [6, 6.07) is 12.3. The first-order valence-corrected chi connectivity index (χ1v) is 12.3. The van der Waals surface area contributed by atoms with E-state index in [2.05, 4.69) is 11.4 Å². The second-order valence-corrected chi connectivity index (χ2v) is 9.51. The summed E-state index contributed by atoms with van der Waals surface area (Å²) >= 11 is 0. The van der Waals surface area contributed by atoms with Crippen LogP contribution in [0, 0.1) is 5.82 Å². The molecule has 1 N–H and O–H groups in total. The van der Waals surface area contributed by atoms with Crippen molar-refractivity contribution < 1.29 is 23.4 Å². The van der Waals surface area contributed by atoms with Crippen LogP contribution in [0.1, 0.15) is 53.0 Å². The second-order valence-electron chi connectivity index (χ2n) is 9.51. The number of carbonyl (C=O) groups excluding carboxylic acids is 1. The van der Waals surface area contributed by atoms with Gasteiger partial charge in [-0.05, 0) is 80.5 Å². The van der Waals surface area contributed by atoms with Gasteiger partial charge in [-0.15, -0.1) is 0 Å². The van der Waals surface area contributed by atoms with Crippen LogP contribution in [0.4, 0.5) is 4.39 Å². The zero-order valence-corrected chi connectivity index (χ0v) is 19.5. The van der Waals surface area contributed by atoms with Crippen molar-refractivity contribution in [1.82, 2.24) is 15.1 Å². The largest absolute Gasteiger partial charge is 0.454 e. The Hall–Kier alpha value is -3.39. The Labute approximate surface area is 203 Å². The van der Waals surface area contributed by atoms with Gasteiger partial charge in [0.2, 0.25) is 6.79 Å². The average Bonchev–Trinajstić information content (AvgIpc) is 3.53. The van der Waals surface area contributed by atoms with Crippen molar-refractivity contribution in [1.29, 1.82) is 0 Å². The van der Waals surface area contributed by atoms with Crippen molar-refractivity contribution in [3.05, 3.63) is 70.8 Å². The Kier molecular flexibility index (Phi) is 5.68. The number of nitrogens with one attached hydrogen (secondary N) is 1. The lowest BCUT2D eigenvalue weighted by atomic mass is 9.74. The Morgan fingerprint density at radius 3 is 2.63 bits per heavy atom. The van der Waals surface area contributed by atoms with Gasteiger partial charge < -0.3 is 19.5 Å². The van der Waals surface area contributed by atoms with Crippen molar-refractivity contribution in [2.75, 3.05) is 26.6 Å². The van der Waals surface area contributed by atoms with Gasteiger partial charge >= 0.3 is 0 Å². The molecule has 1 aromatic heterocycles. The Bertz CT molecular complexity index is 1250. The van der Waals surface area contributed by atoms with Gasteiger partial charge in [0, 0.05) is 36.4 Å². The third-order valence-corrected chi connectivity index (χ3v) is 7.49. The van der Waals surface area contributed by atoms with Gasteiger partial charge in [-0.3, -0.25) is 4.79 Å². The molecule has 1 aliphatic carbocycles. The fourth-order valence-corrected chi connectivity index (χ4v) is 5.47. The molecule has 0 unspecified atom stereocenters. The normalized spacial score (nSPS) is 18.2. The zero-order chi connectivity index (χ0) is 23.8. The highest BCUT2D eigenvalue weighted by molar-refractivity contribution is 5.94. The predicted molar refractivity (Wildman–Crippen MR) is 127 cm³/mol. The summed E-state index contributed by atoms with van der Waals surface area (Å²) < 4.78 is 32.0. The van der Waals surface area contributed by atoms with Crippen LogP contribution in [-0.4, -0.2) is 42.2 Å². The summed E-state index contributed by atoms with van der Waals surface area (Å²) in [6.07, 6.45) is 5.35. The lowest BCUT2D eigenvalue weighted by Crippen LogP contribution is -2.44. The van der Waals surface area contributed by atoms with Crippen LogP contribution in [0.25, 0.3) is 5.69 Å². The van der Waals surface area contributed by atoms with Gasteiger partial charge in [-0.2, -0.15) is 5.10 Å². The molecule has 8 heteroatoms. The lowest BCUT2D eigenvalue weighted by Gasteiger charge is -2.38. The molecule has 3 aromatic rings. The summed E-state index contributed by atoms with van der Waals surface area (Å²) in [5.74, 6) is 1.03. The van der Waals surface area contributed by atoms with Crippen molar-refractivity contribution >= 4 is 5.91 Å². The van der Waals surface area contributed by atoms with Crippen LogP contribution >= 0.6 is 0 Å². The first kappa shape index (κ1) is 22.1. The first-order valence-electron chi connectivity index (χ1n) is 12.3. The van der Waals surface area contributed by atoms with E-state index in [9.17, 15) is 9.18 Å². The highest BCUT2D eigenvalue weighted by Gasteiger charge is 2.37. The van der Waals surface area contributed by atoms with Crippen molar-refractivity contribution in [3.8, 4) is 17.2 Å². The maximum atomic E-state index is 13.5. The Balaban J connectivity index is 1.28. The fourth-order valence-electron chi connectivity index (χ4n) is 5.47. The van der Waals surface area contributed by atoms with E-state index >= 15 is 0 Å². The average molecular weight is 478 g/mol. The van der Waals surface area contributed by atoms with Crippen LogP contribution < -0.4 is 14.8 Å². The standard InChI is InChI=1S/C27H28FN3O4/c28-19-6-8-20(9-7-19)31-22-4-2-1-3-21(22)25(30-31)26(32)29-16-27(11-13-33-14-12-27)18-5-10-23-24(15-18)35-17-34-23/h5-10,15H,1-4,11-14,16-17H2,(H,29,32). The van der Waals surface area contributed by atoms with Gasteiger partial charge in [0.1, 0.15) is 5.82 Å². The molecule has 182 valence electrons. The van der Waals surface area contributed by atoms with Gasteiger partial charge in [-0.25, -0.2) is 9.07 Å². The maximum absolute atomic E-state index is 13.5. The molecule has 0 spiro atoms. The van der Waals surface area contributed by atoms with E-state index in [0.717, 1.165) is 72.5 Å². The minimum Gasteiger partial charge on any atom is -0.454 e. The SMILES string of the molecule is O=C(NCC1(c2ccc3c(c2)OCO3)CCOCC1)c1nn(-c2ccc(F)cc2)c2c1CCCC2. The molecule has 2 aliphatic heterocycles. The quantitative estimate of drug-likeness (QED) is 0.599. The smallest absolute Gasteiger partial charge is 0.272 e. The molecule has 0 saturated carbocycles. The highest BCUT2D eigenvalue weighted by Crippen LogP contribution is 2.40. The summed E-state index contributed by atoms with van der Waals surface area (Å²) in [5, 5.41) is 7.92. The van der Waals surface area contributed by atoms with Crippen molar-refractivity contribution in [2.45, 2.75) is 43.9 Å². The maximum Gasteiger partial charge on any atom is 0.272 e. The zero-order valence-electron chi connectivity index (χ0n) is 19.5. The first-order chi connectivity index (χ1) is 17.1. The van der Waals surface area contributed by atoms with Crippen LogP contribution in [0.3, 0.4) is 0 Å². The van der Waals surface area contributed by atoms with E-state index in [1.54, 1.807) is 12.1 Å². The van der Waals surface area contributed by atoms with Gasteiger partial charge in [-0.1, -0.05) is 6.07 Å². The molecule has 1 saturated heterocycles. The molecule has 35 heavy (non-hydrogen) atoms. The summed E-state index contributed by atoms with van der Waals surface area (Å²) in [6.45, 7) is 1.98. The van der Waals surface area contributed by atoms with E-state index in [4.69, 9.17) is 19.3 Å². The van der Waals surface area contributed by atoms with Crippen molar-refractivity contribution in [2.24, 2.45) is 0 Å². The molecule has 1 fully saturated rings. The molecule has 0 atom stereocenters. The third-order valence-electron chi connectivity index (χ3n) is 7.49. The number of hydrogen-bond acceptors (Lipinski definition) is 5. The number of benzene rings is 2.